The highest BCUT2D eigenvalue weighted by atomic mass is 16.2. The number of carbonyl (C=O) groups excluding carboxylic acids is 2. The van der Waals surface area contributed by atoms with Crippen LogP contribution in [0, 0.1) is 17.8 Å². The van der Waals surface area contributed by atoms with E-state index in [9.17, 15) is 9.59 Å². The van der Waals surface area contributed by atoms with Crippen LogP contribution >= 0.6 is 0 Å². The third-order valence-electron chi connectivity index (χ3n) is 5.63. The van der Waals surface area contributed by atoms with Crippen LogP contribution in [0.4, 0.5) is 0 Å². The van der Waals surface area contributed by atoms with Gasteiger partial charge in [-0.25, -0.2) is 0 Å². The summed E-state index contributed by atoms with van der Waals surface area (Å²) in [7, 11) is 1.76. The van der Waals surface area contributed by atoms with Crippen molar-refractivity contribution >= 4 is 11.8 Å². The number of fused-ring (bicyclic) bond motifs is 2. The van der Waals surface area contributed by atoms with Crippen LogP contribution in [-0.2, 0) is 9.59 Å². The molecular formula is C17H31N3O2. The zero-order valence-electron chi connectivity index (χ0n) is 14.3. The molecule has 5 nitrogen and oxygen atoms in total. The Bertz CT molecular complexity index is 395. The predicted molar refractivity (Wildman–Crippen MR) is 87.1 cm³/mol. The highest BCUT2D eigenvalue weighted by Gasteiger charge is 2.41. The van der Waals surface area contributed by atoms with Gasteiger partial charge in [-0.3, -0.25) is 9.59 Å². The molecule has 5 heteroatoms. The van der Waals surface area contributed by atoms with E-state index in [1.54, 1.807) is 16.8 Å². The van der Waals surface area contributed by atoms with Gasteiger partial charge in [-0.1, -0.05) is 6.42 Å². The number of rotatable bonds is 5. The molecule has 126 valence electrons. The fraction of sp³-hybridized carbons (Fsp3) is 0.882. The monoisotopic (exact) mass is 309 g/mol. The molecule has 0 aromatic rings. The number of amides is 2. The molecule has 22 heavy (non-hydrogen) atoms. The lowest BCUT2D eigenvalue weighted by atomic mass is 9.65. The maximum absolute atomic E-state index is 12.7. The molecule has 2 fully saturated rings. The summed E-state index contributed by atoms with van der Waals surface area (Å²) < 4.78 is 0. The molecule has 2 bridgehead atoms. The van der Waals surface area contributed by atoms with E-state index in [-0.39, 0.29) is 30.3 Å². The van der Waals surface area contributed by atoms with Gasteiger partial charge in [0, 0.05) is 32.1 Å². The second-order valence-corrected chi connectivity index (χ2v) is 6.96. The molecule has 2 amide bonds. The summed E-state index contributed by atoms with van der Waals surface area (Å²) in [6.07, 6.45) is 5.37. The molecule has 2 aliphatic rings. The van der Waals surface area contributed by atoms with Gasteiger partial charge in [0.1, 0.15) is 0 Å². The Labute approximate surface area is 134 Å². The maximum Gasteiger partial charge on any atom is 0.242 e. The van der Waals surface area contributed by atoms with Crippen molar-refractivity contribution in [2.75, 3.05) is 26.7 Å². The summed E-state index contributed by atoms with van der Waals surface area (Å²) in [5.41, 5.74) is 6.29. The fourth-order valence-corrected chi connectivity index (χ4v) is 4.26. The number of likely N-dealkylation sites (N-methyl/N-ethyl adjacent to an activating group) is 2. The fourth-order valence-electron chi connectivity index (χ4n) is 4.26. The van der Waals surface area contributed by atoms with E-state index in [4.69, 9.17) is 5.73 Å². The summed E-state index contributed by atoms with van der Waals surface area (Å²) in [4.78, 5) is 28.2. The number of hydrogen-bond donors (Lipinski definition) is 1. The lowest BCUT2D eigenvalue weighted by Crippen LogP contribution is -2.50. The summed E-state index contributed by atoms with van der Waals surface area (Å²) in [6.45, 7) is 5.51. The first-order chi connectivity index (χ1) is 10.5. The molecule has 0 aromatic heterocycles. The summed E-state index contributed by atoms with van der Waals surface area (Å²) in [6, 6.07) is 0.278. The molecule has 0 aliphatic heterocycles. The minimum absolute atomic E-state index is 0.0357. The van der Waals surface area contributed by atoms with Crippen LogP contribution in [0.2, 0.25) is 0 Å². The van der Waals surface area contributed by atoms with Crippen molar-refractivity contribution < 1.29 is 9.59 Å². The molecule has 0 saturated heterocycles. The standard InChI is InChI=1S/C17H31N3O2/c1-4-20(5-2)15(21)11-19(3)17(22)14-9-12-7-6-8-13(10-14)16(12)18/h12-14,16H,4-11,18H2,1-3H3. The number of nitrogens with two attached hydrogens (primary N) is 1. The minimum atomic E-state index is 0.0357. The van der Waals surface area contributed by atoms with E-state index < -0.39 is 0 Å². The van der Waals surface area contributed by atoms with E-state index in [2.05, 4.69) is 0 Å². The SMILES string of the molecule is CCN(CC)C(=O)CN(C)C(=O)C1CC2CCCC(C1)C2N. The van der Waals surface area contributed by atoms with Crippen LogP contribution in [0.25, 0.3) is 0 Å². The summed E-state index contributed by atoms with van der Waals surface area (Å²) >= 11 is 0. The first-order valence-electron chi connectivity index (χ1n) is 8.76. The quantitative estimate of drug-likeness (QED) is 0.836. The van der Waals surface area contributed by atoms with Crippen LogP contribution in [-0.4, -0.2) is 54.3 Å². The van der Waals surface area contributed by atoms with Crippen LogP contribution in [0.1, 0.15) is 46.0 Å². The Kier molecular flexibility index (Phi) is 5.84. The van der Waals surface area contributed by atoms with Gasteiger partial charge in [0.15, 0.2) is 0 Å². The number of carbonyl (C=O) groups is 2. The molecule has 2 N–H and O–H groups in total. The van der Waals surface area contributed by atoms with Gasteiger partial charge in [-0.2, -0.15) is 0 Å². The maximum atomic E-state index is 12.7. The molecule has 0 spiro atoms. The van der Waals surface area contributed by atoms with Crippen LogP contribution in [0.3, 0.4) is 0 Å². The second-order valence-electron chi connectivity index (χ2n) is 6.96. The molecule has 2 unspecified atom stereocenters. The smallest absolute Gasteiger partial charge is 0.242 e. The average Bonchev–Trinajstić information content (AvgIpc) is 2.47. The highest BCUT2D eigenvalue weighted by Crippen LogP contribution is 2.42. The first-order valence-corrected chi connectivity index (χ1v) is 8.76. The third-order valence-corrected chi connectivity index (χ3v) is 5.63. The summed E-state index contributed by atoms with van der Waals surface area (Å²) in [5.74, 6) is 1.21. The lowest BCUT2D eigenvalue weighted by molar-refractivity contribution is -0.143. The molecule has 2 atom stereocenters. The van der Waals surface area contributed by atoms with Gasteiger partial charge in [-0.15, -0.1) is 0 Å². The Hall–Kier alpha value is -1.10. The van der Waals surface area contributed by atoms with Gasteiger partial charge in [0.25, 0.3) is 0 Å². The largest absolute Gasteiger partial charge is 0.342 e. The van der Waals surface area contributed by atoms with Crippen molar-refractivity contribution in [1.82, 2.24) is 9.80 Å². The zero-order valence-corrected chi connectivity index (χ0v) is 14.3. The van der Waals surface area contributed by atoms with Crippen LogP contribution in [0.5, 0.6) is 0 Å². The van der Waals surface area contributed by atoms with Gasteiger partial charge in [0.2, 0.25) is 11.8 Å². The van der Waals surface area contributed by atoms with Crippen molar-refractivity contribution in [2.24, 2.45) is 23.5 Å². The zero-order chi connectivity index (χ0) is 16.3. The second kappa shape index (κ2) is 7.44. The van der Waals surface area contributed by atoms with Crippen molar-refractivity contribution in [3.05, 3.63) is 0 Å². The van der Waals surface area contributed by atoms with Crippen molar-refractivity contribution in [3.63, 3.8) is 0 Å². The van der Waals surface area contributed by atoms with E-state index in [1.807, 2.05) is 13.8 Å². The Morgan fingerprint density at radius 3 is 2.14 bits per heavy atom. The van der Waals surface area contributed by atoms with Crippen LogP contribution < -0.4 is 5.73 Å². The molecule has 2 saturated carbocycles. The Morgan fingerprint density at radius 1 is 1.09 bits per heavy atom. The number of nitrogens with zero attached hydrogens (tertiary/aromatic N) is 2. The van der Waals surface area contributed by atoms with Crippen molar-refractivity contribution in [1.29, 1.82) is 0 Å². The molecule has 0 aromatic carbocycles. The first kappa shape index (κ1) is 17.3. The van der Waals surface area contributed by atoms with Crippen molar-refractivity contribution in [2.45, 2.75) is 52.0 Å². The van der Waals surface area contributed by atoms with E-state index in [1.165, 1.54) is 6.42 Å². The molecule has 2 aliphatic carbocycles. The highest BCUT2D eigenvalue weighted by molar-refractivity contribution is 5.85. The van der Waals surface area contributed by atoms with Gasteiger partial charge in [0.05, 0.1) is 6.54 Å². The van der Waals surface area contributed by atoms with E-state index >= 15 is 0 Å². The molecule has 2 rings (SSSR count). The van der Waals surface area contributed by atoms with Crippen LogP contribution in [0.15, 0.2) is 0 Å². The van der Waals surface area contributed by atoms with E-state index in [0.717, 1.165) is 25.7 Å². The van der Waals surface area contributed by atoms with E-state index in [0.29, 0.717) is 24.9 Å². The Morgan fingerprint density at radius 2 is 1.64 bits per heavy atom. The lowest BCUT2D eigenvalue weighted by Gasteiger charge is -2.44. The van der Waals surface area contributed by atoms with Gasteiger partial charge >= 0.3 is 0 Å². The van der Waals surface area contributed by atoms with Gasteiger partial charge < -0.3 is 15.5 Å². The summed E-state index contributed by atoms with van der Waals surface area (Å²) in [5, 5.41) is 0. The normalized spacial score (nSPS) is 30.7. The third kappa shape index (κ3) is 3.62. The molecule has 0 radical (unpaired) electrons. The average molecular weight is 309 g/mol. The Balaban J connectivity index is 1.92. The molecule has 0 heterocycles. The van der Waals surface area contributed by atoms with Gasteiger partial charge in [-0.05, 0) is 51.4 Å². The number of hydrogen-bond acceptors (Lipinski definition) is 3. The van der Waals surface area contributed by atoms with Crippen molar-refractivity contribution in [3.8, 4) is 0 Å². The molecular weight excluding hydrogens is 278 g/mol. The topological polar surface area (TPSA) is 66.6 Å². The minimum Gasteiger partial charge on any atom is -0.342 e. The predicted octanol–water partition coefficient (Wildman–Crippen LogP) is 1.47.